The predicted octanol–water partition coefficient (Wildman–Crippen LogP) is 3.80. The van der Waals surface area contributed by atoms with Crippen molar-refractivity contribution in [1.82, 2.24) is 15.3 Å². The highest BCUT2D eigenvalue weighted by Gasteiger charge is 2.29. The quantitative estimate of drug-likeness (QED) is 0.355. The second-order valence-electron chi connectivity index (χ2n) is 7.56. The average Bonchev–Trinajstić information content (AvgIpc) is 3.49. The number of aromatic nitrogens is 2. The summed E-state index contributed by atoms with van der Waals surface area (Å²) in [6, 6.07) is 10.1. The Kier molecular flexibility index (Phi) is 5.35. The predicted molar refractivity (Wildman–Crippen MR) is 115 cm³/mol. The Morgan fingerprint density at radius 2 is 2.10 bits per heavy atom. The molecular formula is C23H24FN5O. The molecule has 0 atom stereocenters. The number of nitrogens with zero attached hydrogens (tertiary/aromatic N) is 1. The van der Waals surface area contributed by atoms with E-state index in [4.69, 9.17) is 11.1 Å². The number of carbonyl (C=O) groups excluding carboxylic acids is 1. The van der Waals surface area contributed by atoms with Gasteiger partial charge in [0, 0.05) is 23.4 Å². The first kappa shape index (κ1) is 19.8. The van der Waals surface area contributed by atoms with Crippen molar-refractivity contribution in [2.75, 3.05) is 5.73 Å². The van der Waals surface area contributed by atoms with Gasteiger partial charge in [0.2, 0.25) is 5.91 Å². The first-order valence-electron chi connectivity index (χ1n) is 10.1. The third-order valence-corrected chi connectivity index (χ3v) is 5.34. The highest BCUT2D eigenvalue weighted by molar-refractivity contribution is 6.12. The Hall–Kier alpha value is -3.48. The van der Waals surface area contributed by atoms with Crippen LogP contribution in [-0.2, 0) is 17.8 Å². The van der Waals surface area contributed by atoms with Gasteiger partial charge in [-0.2, -0.15) is 0 Å². The van der Waals surface area contributed by atoms with Gasteiger partial charge in [-0.1, -0.05) is 25.1 Å². The Morgan fingerprint density at radius 3 is 2.80 bits per heavy atom. The molecule has 1 amide bonds. The van der Waals surface area contributed by atoms with Crippen LogP contribution in [0.3, 0.4) is 0 Å². The molecule has 154 valence electrons. The van der Waals surface area contributed by atoms with Gasteiger partial charge in [-0.3, -0.25) is 10.2 Å². The van der Waals surface area contributed by atoms with Gasteiger partial charge in [0.25, 0.3) is 0 Å². The second-order valence-corrected chi connectivity index (χ2v) is 7.56. The number of benzene rings is 2. The molecule has 1 aliphatic carbocycles. The smallest absolute Gasteiger partial charge is 0.223 e. The summed E-state index contributed by atoms with van der Waals surface area (Å²) in [5.74, 6) is 0.282. The Balaban J connectivity index is 1.52. The molecule has 4 rings (SSSR count). The van der Waals surface area contributed by atoms with Crippen LogP contribution in [0.25, 0.3) is 11.1 Å². The molecule has 0 radical (unpaired) electrons. The maximum atomic E-state index is 13.8. The second kappa shape index (κ2) is 8.10. The standard InChI is InChI=1S/C23H24FN5O/c1-2-13-5-7-16(24)10-19(13)15-6-8-18(20(25)9-15)21(26)22-27-11-17(29-22)12-28-23(30)14-3-4-14/h5-11,14,26H,2-4,12,25H2,1H3,(H,27,29)(H,28,30). The monoisotopic (exact) mass is 405 g/mol. The molecule has 0 aliphatic heterocycles. The number of carbonyl (C=O) groups is 1. The fraction of sp³-hybridized carbons (Fsp3) is 0.261. The summed E-state index contributed by atoms with van der Waals surface area (Å²) in [5.41, 5.74) is 10.7. The molecule has 1 saturated carbocycles. The first-order valence-corrected chi connectivity index (χ1v) is 10.1. The largest absolute Gasteiger partial charge is 0.398 e. The molecule has 1 heterocycles. The van der Waals surface area contributed by atoms with Crippen LogP contribution in [0.15, 0.2) is 42.6 Å². The zero-order chi connectivity index (χ0) is 21.3. The Morgan fingerprint density at radius 1 is 1.30 bits per heavy atom. The van der Waals surface area contributed by atoms with Crippen LogP contribution < -0.4 is 11.1 Å². The normalized spacial score (nSPS) is 13.3. The molecule has 5 N–H and O–H groups in total. The third kappa shape index (κ3) is 4.10. The maximum Gasteiger partial charge on any atom is 0.223 e. The van der Waals surface area contributed by atoms with E-state index in [0.29, 0.717) is 29.3 Å². The van der Waals surface area contributed by atoms with E-state index in [-0.39, 0.29) is 23.4 Å². The minimum absolute atomic E-state index is 0.0539. The van der Waals surface area contributed by atoms with Crippen molar-refractivity contribution in [3.8, 4) is 11.1 Å². The molecule has 0 saturated heterocycles. The van der Waals surface area contributed by atoms with E-state index in [9.17, 15) is 9.18 Å². The van der Waals surface area contributed by atoms with Crippen molar-refractivity contribution in [3.05, 3.63) is 71.1 Å². The highest BCUT2D eigenvalue weighted by atomic mass is 19.1. The maximum absolute atomic E-state index is 13.8. The minimum Gasteiger partial charge on any atom is -0.398 e. The number of aryl methyl sites for hydroxylation is 1. The zero-order valence-electron chi connectivity index (χ0n) is 16.8. The van der Waals surface area contributed by atoms with Crippen molar-refractivity contribution in [2.24, 2.45) is 5.92 Å². The lowest BCUT2D eigenvalue weighted by atomic mass is 9.95. The van der Waals surface area contributed by atoms with Gasteiger partial charge in [-0.25, -0.2) is 9.37 Å². The van der Waals surface area contributed by atoms with Crippen LogP contribution in [0.5, 0.6) is 0 Å². The molecule has 2 aromatic carbocycles. The van der Waals surface area contributed by atoms with Gasteiger partial charge >= 0.3 is 0 Å². The van der Waals surface area contributed by atoms with E-state index < -0.39 is 0 Å². The van der Waals surface area contributed by atoms with E-state index in [1.54, 1.807) is 24.4 Å². The zero-order valence-corrected chi connectivity index (χ0v) is 16.8. The first-order chi connectivity index (χ1) is 14.5. The molecule has 1 aliphatic rings. The lowest BCUT2D eigenvalue weighted by molar-refractivity contribution is -0.122. The van der Waals surface area contributed by atoms with E-state index in [0.717, 1.165) is 36.0 Å². The fourth-order valence-corrected chi connectivity index (χ4v) is 3.46. The van der Waals surface area contributed by atoms with Gasteiger partial charge in [-0.05, 0) is 54.2 Å². The fourth-order valence-electron chi connectivity index (χ4n) is 3.46. The number of nitrogens with one attached hydrogen (secondary N) is 3. The number of imidazole rings is 1. The number of rotatable bonds is 7. The van der Waals surface area contributed by atoms with E-state index >= 15 is 0 Å². The summed E-state index contributed by atoms with van der Waals surface area (Å²) < 4.78 is 13.8. The highest BCUT2D eigenvalue weighted by Crippen LogP contribution is 2.30. The number of nitrogens with two attached hydrogens (primary N) is 1. The van der Waals surface area contributed by atoms with Crippen molar-refractivity contribution in [2.45, 2.75) is 32.7 Å². The number of aromatic amines is 1. The summed E-state index contributed by atoms with van der Waals surface area (Å²) >= 11 is 0. The third-order valence-electron chi connectivity index (χ3n) is 5.34. The summed E-state index contributed by atoms with van der Waals surface area (Å²) in [6.45, 7) is 2.35. The molecule has 30 heavy (non-hydrogen) atoms. The molecule has 1 aromatic heterocycles. The van der Waals surface area contributed by atoms with Gasteiger partial charge in [0.15, 0.2) is 5.82 Å². The van der Waals surface area contributed by atoms with Gasteiger partial charge in [-0.15, -0.1) is 0 Å². The van der Waals surface area contributed by atoms with Crippen LogP contribution in [0.4, 0.5) is 10.1 Å². The van der Waals surface area contributed by atoms with Crippen LogP contribution in [-0.4, -0.2) is 21.6 Å². The Bertz CT molecular complexity index is 1120. The molecule has 0 unspecified atom stereocenters. The average molecular weight is 405 g/mol. The lowest BCUT2D eigenvalue weighted by Gasteiger charge is -2.12. The lowest BCUT2D eigenvalue weighted by Crippen LogP contribution is -2.24. The van der Waals surface area contributed by atoms with Crippen molar-refractivity contribution >= 4 is 17.3 Å². The summed E-state index contributed by atoms with van der Waals surface area (Å²) in [4.78, 5) is 19.1. The molecule has 7 heteroatoms. The molecule has 0 spiro atoms. The molecule has 1 fully saturated rings. The van der Waals surface area contributed by atoms with Crippen molar-refractivity contribution in [3.63, 3.8) is 0 Å². The molecule has 3 aromatic rings. The molecule has 0 bridgehead atoms. The van der Waals surface area contributed by atoms with Crippen LogP contribution in [0.1, 0.15) is 42.4 Å². The number of hydrogen-bond acceptors (Lipinski definition) is 4. The molecular weight excluding hydrogens is 381 g/mol. The number of hydrogen-bond donors (Lipinski definition) is 4. The van der Waals surface area contributed by atoms with E-state index in [2.05, 4.69) is 15.3 Å². The summed E-state index contributed by atoms with van der Waals surface area (Å²) in [6.07, 6.45) is 4.36. The summed E-state index contributed by atoms with van der Waals surface area (Å²) in [5, 5.41) is 11.3. The Labute approximate surface area is 174 Å². The summed E-state index contributed by atoms with van der Waals surface area (Å²) in [7, 11) is 0. The van der Waals surface area contributed by atoms with Crippen molar-refractivity contribution in [1.29, 1.82) is 5.41 Å². The molecule has 6 nitrogen and oxygen atoms in total. The topological polar surface area (TPSA) is 108 Å². The minimum atomic E-state index is -0.297. The van der Waals surface area contributed by atoms with Crippen LogP contribution in [0.2, 0.25) is 0 Å². The van der Waals surface area contributed by atoms with Gasteiger partial charge < -0.3 is 16.0 Å². The number of nitrogen functional groups attached to an aromatic ring is 1. The number of amides is 1. The van der Waals surface area contributed by atoms with Crippen molar-refractivity contribution < 1.29 is 9.18 Å². The van der Waals surface area contributed by atoms with E-state index in [1.807, 2.05) is 13.0 Å². The van der Waals surface area contributed by atoms with E-state index in [1.165, 1.54) is 12.1 Å². The van der Waals surface area contributed by atoms with Gasteiger partial charge in [0.1, 0.15) is 11.5 Å². The number of anilines is 1. The van der Waals surface area contributed by atoms with Crippen LogP contribution >= 0.6 is 0 Å². The SMILES string of the molecule is CCc1ccc(F)cc1-c1ccc(C(=N)c2nc(CNC(=O)C3CC3)c[nH]2)c(N)c1. The number of halogens is 1. The number of H-pyrrole nitrogens is 1. The van der Waals surface area contributed by atoms with Gasteiger partial charge in [0.05, 0.1) is 12.2 Å². The van der Waals surface area contributed by atoms with Crippen LogP contribution in [0, 0.1) is 17.1 Å².